The third-order valence-corrected chi connectivity index (χ3v) is 10.1. The van der Waals surface area contributed by atoms with Crippen LogP contribution in [0.2, 0.25) is 5.02 Å². The highest BCUT2D eigenvalue weighted by Crippen LogP contribution is 2.39. The van der Waals surface area contributed by atoms with Gasteiger partial charge >= 0.3 is 5.97 Å². The number of aromatic nitrogens is 2. The van der Waals surface area contributed by atoms with Crippen molar-refractivity contribution < 1.29 is 38.3 Å². The average Bonchev–Trinajstić information content (AvgIpc) is 3.57. The summed E-state index contributed by atoms with van der Waals surface area (Å²) in [6.45, 7) is 2.78. The maximum atomic E-state index is 12.9. The maximum absolute atomic E-state index is 12.9. The van der Waals surface area contributed by atoms with Gasteiger partial charge in [-0.25, -0.2) is 0 Å². The van der Waals surface area contributed by atoms with Crippen LogP contribution in [-0.4, -0.2) is 59.4 Å². The lowest BCUT2D eigenvalue weighted by molar-refractivity contribution is -0.436. The second-order valence-electron chi connectivity index (χ2n) is 13.9. The number of aliphatic hydroxyl groups is 1. The molecule has 296 valence electrons. The highest BCUT2D eigenvalue weighted by Gasteiger charge is 2.59. The Bertz CT molecular complexity index is 2120. The third kappa shape index (κ3) is 10.5. The van der Waals surface area contributed by atoms with E-state index in [9.17, 15) is 5.11 Å². The van der Waals surface area contributed by atoms with E-state index in [4.69, 9.17) is 44.8 Å². The minimum atomic E-state index is -2.43. The van der Waals surface area contributed by atoms with Gasteiger partial charge in [-0.05, 0) is 46.9 Å². The van der Waals surface area contributed by atoms with Gasteiger partial charge in [-0.15, -0.1) is 5.10 Å². The zero-order valence-electron chi connectivity index (χ0n) is 32.0. The molecule has 0 amide bonds. The van der Waals surface area contributed by atoms with Crippen LogP contribution in [-0.2, 0) is 56.5 Å². The Morgan fingerprint density at radius 1 is 0.684 bits per heavy atom. The molecule has 0 unspecified atom stereocenters. The molecule has 0 spiro atoms. The largest absolute Gasteiger partial charge is 0.495 e. The number of hydrogen-bond acceptors (Lipinski definition) is 9. The van der Waals surface area contributed by atoms with Crippen molar-refractivity contribution in [3.63, 3.8) is 0 Å². The van der Waals surface area contributed by atoms with Gasteiger partial charge in [0.1, 0.15) is 24.1 Å². The Morgan fingerprint density at radius 2 is 1.21 bits per heavy atom. The molecule has 1 aliphatic heterocycles. The number of hydrogen-bond donors (Lipinski definition) is 2. The fourth-order valence-corrected chi connectivity index (χ4v) is 7.06. The van der Waals surface area contributed by atoms with Crippen LogP contribution in [0.25, 0.3) is 0 Å². The normalized spacial score (nSPS) is 20.6. The molecule has 7 rings (SSSR count). The van der Waals surface area contributed by atoms with Gasteiger partial charge in [0.25, 0.3) is 0 Å². The second-order valence-corrected chi connectivity index (χ2v) is 14.3. The van der Waals surface area contributed by atoms with Crippen LogP contribution in [0.3, 0.4) is 0 Å². The van der Waals surface area contributed by atoms with Gasteiger partial charge < -0.3 is 38.3 Å². The Kier molecular flexibility index (Phi) is 13.7. The molecule has 57 heavy (non-hydrogen) atoms. The number of methoxy groups -OCH3 is 1. The molecule has 1 fully saturated rings. The second kappa shape index (κ2) is 19.4. The van der Waals surface area contributed by atoms with Crippen LogP contribution >= 0.6 is 11.6 Å². The third-order valence-electron chi connectivity index (χ3n) is 9.78. The lowest BCUT2D eigenvalue weighted by atomic mass is 9.96. The zero-order valence-corrected chi connectivity index (χ0v) is 32.7. The number of aromatic amines is 1. The first kappa shape index (κ1) is 40.2. The molecule has 10 nitrogen and oxygen atoms in total. The fraction of sp³-hybridized carbons (Fsp3) is 0.283. The number of benzene rings is 5. The van der Waals surface area contributed by atoms with Crippen molar-refractivity contribution in [3.8, 4) is 11.6 Å². The Morgan fingerprint density at radius 3 is 1.75 bits per heavy atom. The van der Waals surface area contributed by atoms with Gasteiger partial charge in [-0.1, -0.05) is 139 Å². The summed E-state index contributed by atoms with van der Waals surface area (Å²) < 4.78 is 45.0. The van der Waals surface area contributed by atoms with E-state index >= 15 is 0 Å². The molecular formula is C46H47ClN2O8. The molecule has 1 saturated heterocycles. The Balaban J connectivity index is 1.26. The quantitative estimate of drug-likeness (QED) is 0.0830. The van der Waals surface area contributed by atoms with E-state index in [-0.39, 0.29) is 32.3 Å². The lowest BCUT2D eigenvalue weighted by Crippen LogP contribution is -2.69. The molecule has 1 aliphatic rings. The lowest BCUT2D eigenvalue weighted by Gasteiger charge is -2.49. The molecule has 0 aliphatic carbocycles. The predicted octanol–water partition coefficient (Wildman–Crippen LogP) is 8.37. The first-order chi connectivity index (χ1) is 27.9. The maximum Gasteiger partial charge on any atom is 0.356 e. The summed E-state index contributed by atoms with van der Waals surface area (Å²) in [6, 6.07) is 44.8. The molecule has 1 aromatic heterocycles. The molecular weight excluding hydrogens is 744 g/mol. The van der Waals surface area contributed by atoms with E-state index in [2.05, 4.69) is 10.2 Å². The summed E-state index contributed by atoms with van der Waals surface area (Å²) in [4.78, 5) is 0. The summed E-state index contributed by atoms with van der Waals surface area (Å²) >= 11 is 6.50. The highest BCUT2D eigenvalue weighted by atomic mass is 35.5. The van der Waals surface area contributed by atoms with Crippen LogP contribution in [0.5, 0.6) is 11.6 Å². The summed E-state index contributed by atoms with van der Waals surface area (Å²) in [5.41, 5.74) is 6.06. The van der Waals surface area contributed by atoms with Crippen molar-refractivity contribution in [2.45, 2.75) is 70.2 Å². The standard InChI is InChI=1S/C46H47ClN2O8/c1-32-38(25-37-23-24-40(51-2)39(47)26-37)45(49-48-32)57-46(50)44(55-30-36-21-13-6-14-22-36)43(54-29-35-19-11-5-12-20-35)42(53-28-34-17-9-4-10-18-34)41(56-46)31-52-27-33-15-7-3-8-16-33/h3-24,26,41-44,50H,25,27-31H2,1-2H3,(H,48,49)/t41-,42-,43+,44-,46+/m1/s1. The summed E-state index contributed by atoms with van der Waals surface area (Å²) in [5.74, 6) is -1.74. The van der Waals surface area contributed by atoms with Crippen molar-refractivity contribution in [2.75, 3.05) is 13.7 Å². The molecule has 0 saturated carbocycles. The van der Waals surface area contributed by atoms with Crippen LogP contribution in [0.4, 0.5) is 0 Å². The van der Waals surface area contributed by atoms with Crippen molar-refractivity contribution in [2.24, 2.45) is 0 Å². The number of rotatable bonds is 18. The number of halogens is 1. The highest BCUT2D eigenvalue weighted by molar-refractivity contribution is 6.32. The fourth-order valence-electron chi connectivity index (χ4n) is 6.78. The molecule has 11 heteroatoms. The molecule has 0 radical (unpaired) electrons. The van der Waals surface area contributed by atoms with Crippen molar-refractivity contribution in [3.05, 3.63) is 184 Å². The summed E-state index contributed by atoms with van der Waals surface area (Å²) in [6.07, 6.45) is -3.45. The minimum Gasteiger partial charge on any atom is -0.495 e. The minimum absolute atomic E-state index is 0.0351. The summed E-state index contributed by atoms with van der Waals surface area (Å²) in [5, 5.41) is 20.9. The molecule has 2 heterocycles. The van der Waals surface area contributed by atoms with Crippen molar-refractivity contribution in [1.29, 1.82) is 0 Å². The molecule has 5 atom stereocenters. The molecule has 0 bridgehead atoms. The first-order valence-corrected chi connectivity index (χ1v) is 19.3. The number of aryl methyl sites for hydroxylation is 1. The van der Waals surface area contributed by atoms with Crippen LogP contribution in [0, 0.1) is 6.92 Å². The van der Waals surface area contributed by atoms with Gasteiger partial charge in [0.2, 0.25) is 5.88 Å². The number of nitrogens with zero attached hydrogens (tertiary/aromatic N) is 1. The van der Waals surface area contributed by atoms with Crippen LogP contribution in [0.15, 0.2) is 140 Å². The van der Waals surface area contributed by atoms with E-state index in [1.807, 2.05) is 146 Å². The van der Waals surface area contributed by atoms with E-state index < -0.39 is 30.4 Å². The predicted molar refractivity (Wildman–Crippen MR) is 216 cm³/mol. The van der Waals surface area contributed by atoms with E-state index in [1.165, 1.54) is 0 Å². The van der Waals surface area contributed by atoms with Gasteiger partial charge in [-0.3, -0.25) is 5.10 Å². The van der Waals surface area contributed by atoms with Crippen LogP contribution < -0.4 is 9.47 Å². The SMILES string of the molecule is COc1ccc(Cc2c(O[C@@]3(O)O[C@H](COCc4ccccc4)[C@@H](OCc4ccccc4)[C@H](OCc4ccccc4)[C@H]3OCc3ccccc3)n[nH]c2C)cc1Cl. The topological polar surface area (TPSA) is 114 Å². The van der Waals surface area contributed by atoms with Gasteiger partial charge in [0.05, 0.1) is 45.2 Å². The molecule has 6 aromatic rings. The molecule has 5 aromatic carbocycles. The van der Waals surface area contributed by atoms with Gasteiger partial charge in [-0.2, -0.15) is 0 Å². The van der Waals surface area contributed by atoms with Gasteiger partial charge in [0, 0.05) is 17.7 Å². The Hall–Kier alpha value is -5.04. The van der Waals surface area contributed by atoms with E-state index in [1.54, 1.807) is 7.11 Å². The van der Waals surface area contributed by atoms with E-state index in [0.29, 0.717) is 29.4 Å². The smallest absolute Gasteiger partial charge is 0.356 e. The van der Waals surface area contributed by atoms with E-state index in [0.717, 1.165) is 33.5 Å². The number of nitrogens with one attached hydrogen (secondary N) is 1. The summed E-state index contributed by atoms with van der Waals surface area (Å²) in [7, 11) is 1.57. The van der Waals surface area contributed by atoms with Crippen molar-refractivity contribution in [1.82, 2.24) is 10.2 Å². The van der Waals surface area contributed by atoms with Crippen LogP contribution in [0.1, 0.15) is 39.1 Å². The Labute approximate surface area is 338 Å². The number of H-pyrrole nitrogens is 1. The van der Waals surface area contributed by atoms with Gasteiger partial charge in [0.15, 0.2) is 6.10 Å². The van der Waals surface area contributed by atoms with Crippen molar-refractivity contribution >= 4 is 11.6 Å². The number of ether oxygens (including phenoxy) is 7. The zero-order chi connectivity index (χ0) is 39.5. The first-order valence-electron chi connectivity index (χ1n) is 18.9. The molecule has 2 N–H and O–H groups in total. The monoisotopic (exact) mass is 790 g/mol. The average molecular weight is 791 g/mol.